The quantitative estimate of drug-likeness (QED) is 0.153. The number of benzene rings is 9. The van der Waals surface area contributed by atoms with Crippen LogP contribution in [0.3, 0.4) is 0 Å². The minimum Gasteiger partial charge on any atom is -0.456 e. The van der Waals surface area contributed by atoms with Crippen LogP contribution in [0.25, 0.3) is 82.6 Å². The minimum atomic E-state index is 0.810. The molecule has 0 amide bonds. The third kappa shape index (κ3) is 5.92. The number of hydrogen-bond donors (Lipinski definition) is 0. The van der Waals surface area contributed by atoms with Gasteiger partial charge in [-0.25, -0.2) is 4.98 Å². The molecule has 0 saturated carbocycles. The molecule has 6 nitrogen and oxygen atoms in total. The van der Waals surface area contributed by atoms with Gasteiger partial charge in [0.05, 0.1) is 22.1 Å². The van der Waals surface area contributed by atoms with Crippen molar-refractivity contribution in [3.05, 3.63) is 231 Å². The van der Waals surface area contributed by atoms with Gasteiger partial charge >= 0.3 is 0 Å². The molecule has 4 heterocycles. The fraction of sp³-hybridized carbons (Fsp3) is 0. The maximum atomic E-state index is 7.05. The Morgan fingerprint density at radius 1 is 0.385 bits per heavy atom. The molecule has 4 aromatic heterocycles. The number of fused-ring (bicyclic) bond motifs is 10. The van der Waals surface area contributed by atoms with Crippen LogP contribution in [-0.2, 0) is 0 Å². The van der Waals surface area contributed by atoms with Gasteiger partial charge < -0.3 is 18.6 Å². The molecule has 9 aromatic carbocycles. The van der Waals surface area contributed by atoms with E-state index in [0.717, 1.165) is 117 Å². The van der Waals surface area contributed by atoms with E-state index < -0.39 is 0 Å². The summed E-state index contributed by atoms with van der Waals surface area (Å²) in [6.45, 7) is 0. The molecule has 13 rings (SSSR count). The average molecular weight is 835 g/mol. The highest BCUT2D eigenvalue weighted by molar-refractivity contribution is 6.26. The summed E-state index contributed by atoms with van der Waals surface area (Å²) in [6.07, 6.45) is 1.85. The average Bonchev–Trinajstić information content (AvgIpc) is 4.06. The second-order valence-electron chi connectivity index (χ2n) is 16.3. The summed E-state index contributed by atoms with van der Waals surface area (Å²) in [5.41, 5.74) is 13.6. The van der Waals surface area contributed by atoms with Crippen molar-refractivity contribution in [3.63, 3.8) is 0 Å². The van der Waals surface area contributed by atoms with E-state index >= 15 is 0 Å². The van der Waals surface area contributed by atoms with Crippen LogP contribution < -0.4 is 9.80 Å². The van der Waals surface area contributed by atoms with Crippen molar-refractivity contribution < 1.29 is 8.83 Å². The number of furan rings is 2. The molecule has 0 fully saturated rings. The third-order valence-corrected chi connectivity index (χ3v) is 12.6. The van der Waals surface area contributed by atoms with E-state index in [2.05, 4.69) is 208 Å². The first-order valence-electron chi connectivity index (χ1n) is 21.9. The van der Waals surface area contributed by atoms with Crippen molar-refractivity contribution >= 4 is 99.8 Å². The highest BCUT2D eigenvalue weighted by Gasteiger charge is 2.26. The largest absolute Gasteiger partial charge is 0.456 e. The Labute approximate surface area is 374 Å². The first kappa shape index (κ1) is 36.8. The fourth-order valence-electron chi connectivity index (χ4n) is 9.84. The summed E-state index contributed by atoms with van der Waals surface area (Å²) >= 11 is 0. The van der Waals surface area contributed by atoms with Crippen LogP contribution in [0.15, 0.2) is 239 Å². The van der Waals surface area contributed by atoms with Gasteiger partial charge in [-0.2, -0.15) is 0 Å². The Morgan fingerprint density at radius 3 is 1.62 bits per heavy atom. The molecule has 65 heavy (non-hydrogen) atoms. The van der Waals surface area contributed by atoms with E-state index in [1.54, 1.807) is 0 Å². The molecule has 0 aliphatic heterocycles. The lowest BCUT2D eigenvalue weighted by Gasteiger charge is -2.30. The molecular weight excluding hydrogens is 797 g/mol. The lowest BCUT2D eigenvalue weighted by atomic mass is 9.95. The van der Waals surface area contributed by atoms with Crippen LogP contribution in [0.4, 0.5) is 34.1 Å². The Balaban J connectivity index is 1.18. The van der Waals surface area contributed by atoms with Crippen molar-refractivity contribution in [2.75, 3.05) is 9.80 Å². The molecule has 0 unspecified atom stereocenters. The van der Waals surface area contributed by atoms with Crippen molar-refractivity contribution in [1.82, 2.24) is 9.55 Å². The molecule has 0 saturated heterocycles. The fourth-order valence-corrected chi connectivity index (χ4v) is 9.84. The summed E-state index contributed by atoms with van der Waals surface area (Å²) < 4.78 is 15.8. The van der Waals surface area contributed by atoms with Crippen molar-refractivity contribution in [3.8, 4) is 16.9 Å². The molecule has 0 bridgehead atoms. The lowest BCUT2D eigenvalue weighted by molar-refractivity contribution is 0.669. The smallest absolute Gasteiger partial charge is 0.160 e. The Bertz CT molecular complexity index is 3850. The van der Waals surface area contributed by atoms with E-state index in [0.29, 0.717) is 0 Å². The molecule has 0 aliphatic rings. The topological polar surface area (TPSA) is 50.6 Å². The molecule has 0 radical (unpaired) electrons. The number of pyridine rings is 1. The van der Waals surface area contributed by atoms with E-state index in [4.69, 9.17) is 13.8 Å². The van der Waals surface area contributed by atoms with Gasteiger partial charge in [0.25, 0.3) is 0 Å². The first-order valence-corrected chi connectivity index (χ1v) is 21.9. The van der Waals surface area contributed by atoms with E-state index in [1.807, 2.05) is 36.5 Å². The maximum Gasteiger partial charge on any atom is 0.160 e. The van der Waals surface area contributed by atoms with Gasteiger partial charge in [0.15, 0.2) is 5.58 Å². The summed E-state index contributed by atoms with van der Waals surface area (Å²) in [5.74, 6) is 0.832. The summed E-state index contributed by atoms with van der Waals surface area (Å²) in [7, 11) is 0. The molecule has 0 atom stereocenters. The molecule has 13 aromatic rings. The lowest BCUT2D eigenvalue weighted by Crippen LogP contribution is -2.14. The van der Waals surface area contributed by atoms with Gasteiger partial charge in [0.2, 0.25) is 0 Å². The summed E-state index contributed by atoms with van der Waals surface area (Å²) in [6, 6.07) is 78.9. The zero-order valence-corrected chi connectivity index (χ0v) is 35.0. The van der Waals surface area contributed by atoms with Gasteiger partial charge in [-0.3, -0.25) is 4.57 Å². The van der Waals surface area contributed by atoms with Crippen molar-refractivity contribution in [2.45, 2.75) is 0 Å². The Hall–Kier alpha value is -8.87. The summed E-state index contributed by atoms with van der Waals surface area (Å²) in [4.78, 5) is 9.60. The van der Waals surface area contributed by atoms with Gasteiger partial charge in [-0.15, -0.1) is 0 Å². The van der Waals surface area contributed by atoms with Gasteiger partial charge in [-0.05, 0) is 114 Å². The number of aromatic nitrogens is 2. The van der Waals surface area contributed by atoms with E-state index in [1.165, 1.54) is 0 Å². The first-order chi connectivity index (χ1) is 32.3. The third-order valence-electron chi connectivity index (χ3n) is 12.6. The molecule has 306 valence electrons. The predicted octanol–water partition coefficient (Wildman–Crippen LogP) is 16.6. The van der Waals surface area contributed by atoms with Crippen LogP contribution in [0.2, 0.25) is 0 Å². The van der Waals surface area contributed by atoms with Crippen LogP contribution >= 0.6 is 0 Å². The van der Waals surface area contributed by atoms with E-state index in [-0.39, 0.29) is 0 Å². The standard InChI is InChI=1S/C59H38N4O2/c1-4-19-40(20-5-1)61(41-21-6-2-7-22-41)43-35-39(36-44(37-43)62(42-23-8-3-9-24-42)51-29-18-32-54-57(51)47-27-12-14-30-52(47)64-54)48-38-49-45-25-10-13-28-50(45)63(55-33-16-17-34-60-55)58(49)59-56(48)46-26-11-15-31-53(46)65-59/h1-38H. The monoisotopic (exact) mass is 834 g/mol. The molecule has 0 N–H and O–H groups in total. The van der Waals surface area contributed by atoms with Gasteiger partial charge in [0, 0.05) is 61.6 Å². The zero-order chi connectivity index (χ0) is 42.8. The van der Waals surface area contributed by atoms with Crippen molar-refractivity contribution in [2.24, 2.45) is 0 Å². The highest BCUT2D eigenvalue weighted by atomic mass is 16.3. The molecule has 6 heteroatoms. The van der Waals surface area contributed by atoms with E-state index in [9.17, 15) is 0 Å². The number of anilines is 6. The normalized spacial score (nSPS) is 11.7. The maximum absolute atomic E-state index is 7.05. The zero-order valence-electron chi connectivity index (χ0n) is 35.0. The predicted molar refractivity (Wildman–Crippen MR) is 268 cm³/mol. The Morgan fingerprint density at radius 2 is 0.938 bits per heavy atom. The number of nitrogens with zero attached hydrogens (tertiary/aromatic N) is 4. The molecule has 0 aliphatic carbocycles. The van der Waals surface area contributed by atoms with Crippen LogP contribution in [0.5, 0.6) is 0 Å². The molecular formula is C59H38N4O2. The number of rotatable bonds is 8. The van der Waals surface area contributed by atoms with Crippen LogP contribution in [0.1, 0.15) is 0 Å². The van der Waals surface area contributed by atoms with Crippen LogP contribution in [-0.4, -0.2) is 9.55 Å². The minimum absolute atomic E-state index is 0.810. The van der Waals surface area contributed by atoms with Crippen molar-refractivity contribution in [1.29, 1.82) is 0 Å². The Kier molecular flexibility index (Phi) is 8.42. The number of hydrogen-bond acceptors (Lipinski definition) is 5. The second kappa shape index (κ2) is 14.9. The number of para-hydroxylation sites is 6. The highest BCUT2D eigenvalue weighted by Crippen LogP contribution is 2.50. The van der Waals surface area contributed by atoms with Crippen LogP contribution in [0, 0.1) is 0 Å². The van der Waals surface area contributed by atoms with Gasteiger partial charge in [0.1, 0.15) is 22.6 Å². The summed E-state index contributed by atoms with van der Waals surface area (Å²) in [5, 5.41) is 6.39. The molecule has 0 spiro atoms. The SMILES string of the molecule is c1ccc(N(c2ccccc2)c2cc(-c3cc4c5ccccc5n(-c5ccccn5)c4c4oc5ccccc5c34)cc(N(c3ccccc3)c3cccc4oc5ccccc5c34)c2)cc1. The second-order valence-corrected chi connectivity index (χ2v) is 16.3. The van der Waals surface area contributed by atoms with Gasteiger partial charge in [-0.1, -0.05) is 121 Å².